The van der Waals surface area contributed by atoms with Crippen LogP contribution in [0, 0.1) is 0 Å². The lowest BCUT2D eigenvalue weighted by Gasteiger charge is -2.25. The van der Waals surface area contributed by atoms with Crippen LogP contribution in [0.4, 0.5) is 0 Å². The van der Waals surface area contributed by atoms with E-state index in [0.717, 1.165) is 33.3 Å². The summed E-state index contributed by atoms with van der Waals surface area (Å²) in [5.41, 5.74) is 4.88. The predicted octanol–water partition coefficient (Wildman–Crippen LogP) is 4.47. The number of H-pyrrole nitrogens is 1. The average molecular weight is 412 g/mol. The van der Waals surface area contributed by atoms with Gasteiger partial charge in [0.15, 0.2) is 0 Å². The van der Waals surface area contributed by atoms with Gasteiger partial charge < -0.3 is 19.7 Å². The number of carbonyl (C=O) groups is 2. The number of ether oxygens (including phenoxy) is 1. The van der Waals surface area contributed by atoms with Gasteiger partial charge in [0.1, 0.15) is 12.3 Å². The lowest BCUT2D eigenvalue weighted by molar-refractivity contribution is -0.138. The quantitative estimate of drug-likeness (QED) is 0.507. The zero-order valence-corrected chi connectivity index (χ0v) is 16.8. The van der Waals surface area contributed by atoms with E-state index < -0.39 is 12.0 Å². The number of aromatic amines is 1. The summed E-state index contributed by atoms with van der Waals surface area (Å²) in [6.07, 6.45) is 0. The van der Waals surface area contributed by atoms with Crippen LogP contribution in [-0.4, -0.2) is 40.5 Å². The van der Waals surface area contributed by atoms with Crippen molar-refractivity contribution in [1.82, 2.24) is 9.88 Å². The Kier molecular flexibility index (Phi) is 4.47. The Bertz CT molecular complexity index is 1320. The van der Waals surface area contributed by atoms with Gasteiger partial charge in [0.25, 0.3) is 5.91 Å². The van der Waals surface area contributed by atoms with Crippen molar-refractivity contribution in [2.75, 3.05) is 13.7 Å². The highest BCUT2D eigenvalue weighted by molar-refractivity contribution is 6.03. The number of aromatic nitrogens is 1. The molecule has 0 bridgehead atoms. The van der Waals surface area contributed by atoms with Crippen molar-refractivity contribution < 1.29 is 19.4 Å². The van der Waals surface area contributed by atoms with E-state index in [1.165, 1.54) is 4.90 Å². The molecule has 1 amide bonds. The fourth-order valence-electron chi connectivity index (χ4n) is 4.44. The topological polar surface area (TPSA) is 82.6 Å². The maximum Gasteiger partial charge on any atom is 0.323 e. The van der Waals surface area contributed by atoms with Gasteiger partial charge in [-0.3, -0.25) is 9.59 Å². The number of fused-ring (bicyclic) bond motifs is 2. The number of aliphatic carboxylic acids is 1. The molecule has 1 unspecified atom stereocenters. The Morgan fingerprint density at radius 1 is 1.06 bits per heavy atom. The molecular weight excluding hydrogens is 392 g/mol. The molecular formula is C25H20N2O4. The molecule has 6 nitrogen and oxygen atoms in total. The summed E-state index contributed by atoms with van der Waals surface area (Å²) in [5.74, 6) is -0.605. The third kappa shape index (κ3) is 3.04. The number of nitrogens with zero attached hydrogens (tertiary/aromatic N) is 1. The summed E-state index contributed by atoms with van der Waals surface area (Å²) in [7, 11) is 1.62. The molecule has 1 atom stereocenters. The number of carboxylic acid groups (broad SMARTS) is 1. The van der Waals surface area contributed by atoms with Crippen molar-refractivity contribution in [1.29, 1.82) is 0 Å². The first kappa shape index (κ1) is 18.9. The summed E-state index contributed by atoms with van der Waals surface area (Å²) in [6, 6.07) is 22.4. The summed E-state index contributed by atoms with van der Waals surface area (Å²) < 4.78 is 5.41. The first-order chi connectivity index (χ1) is 15.1. The van der Waals surface area contributed by atoms with Crippen LogP contribution in [0.5, 0.6) is 5.75 Å². The third-order valence-corrected chi connectivity index (χ3v) is 5.74. The molecule has 0 radical (unpaired) electrons. The van der Waals surface area contributed by atoms with Gasteiger partial charge in [-0.25, -0.2) is 0 Å². The van der Waals surface area contributed by atoms with E-state index in [9.17, 15) is 14.7 Å². The molecule has 5 rings (SSSR count). The highest BCUT2D eigenvalue weighted by atomic mass is 16.5. The van der Waals surface area contributed by atoms with Gasteiger partial charge in [-0.1, -0.05) is 48.5 Å². The summed E-state index contributed by atoms with van der Waals surface area (Å²) in [6.45, 7) is -0.380. The summed E-state index contributed by atoms with van der Waals surface area (Å²) >= 11 is 0. The minimum absolute atomic E-state index is 0.273. The Hall–Kier alpha value is -4.06. The second-order valence-corrected chi connectivity index (χ2v) is 7.51. The Morgan fingerprint density at radius 2 is 1.84 bits per heavy atom. The van der Waals surface area contributed by atoms with Crippen LogP contribution in [0.3, 0.4) is 0 Å². The van der Waals surface area contributed by atoms with Crippen LogP contribution in [-0.2, 0) is 4.79 Å². The maximum atomic E-state index is 13.2. The number of rotatable bonds is 5. The predicted molar refractivity (Wildman–Crippen MR) is 117 cm³/mol. The van der Waals surface area contributed by atoms with E-state index in [4.69, 9.17) is 4.74 Å². The van der Waals surface area contributed by atoms with Crippen LogP contribution in [0.1, 0.15) is 27.5 Å². The number of benzene rings is 3. The highest BCUT2D eigenvalue weighted by Crippen LogP contribution is 2.45. The van der Waals surface area contributed by atoms with Crippen molar-refractivity contribution in [3.05, 3.63) is 89.5 Å². The molecule has 0 aliphatic carbocycles. The number of para-hydroxylation sites is 1. The molecule has 0 saturated heterocycles. The van der Waals surface area contributed by atoms with Gasteiger partial charge in [0, 0.05) is 27.6 Å². The average Bonchev–Trinajstić information content (AvgIpc) is 3.29. The van der Waals surface area contributed by atoms with Crippen molar-refractivity contribution >= 4 is 22.8 Å². The monoisotopic (exact) mass is 412 g/mol. The molecule has 1 aliphatic rings. The van der Waals surface area contributed by atoms with Gasteiger partial charge in [0.2, 0.25) is 0 Å². The van der Waals surface area contributed by atoms with Crippen molar-refractivity contribution in [2.45, 2.75) is 6.04 Å². The molecule has 2 N–H and O–H groups in total. The summed E-state index contributed by atoms with van der Waals surface area (Å²) in [5, 5.41) is 10.5. The zero-order valence-electron chi connectivity index (χ0n) is 16.8. The van der Waals surface area contributed by atoms with E-state index in [0.29, 0.717) is 11.3 Å². The molecule has 31 heavy (non-hydrogen) atoms. The second kappa shape index (κ2) is 7.32. The van der Waals surface area contributed by atoms with Crippen LogP contribution in [0.2, 0.25) is 0 Å². The minimum atomic E-state index is -1.05. The molecule has 2 heterocycles. The molecule has 154 valence electrons. The normalized spacial score (nSPS) is 15.3. The van der Waals surface area contributed by atoms with Crippen molar-refractivity contribution in [2.24, 2.45) is 0 Å². The van der Waals surface area contributed by atoms with Crippen LogP contribution >= 0.6 is 0 Å². The molecule has 3 aromatic carbocycles. The molecule has 0 saturated carbocycles. The van der Waals surface area contributed by atoms with E-state index in [-0.39, 0.29) is 12.5 Å². The molecule has 4 aromatic rings. The fourth-order valence-corrected chi connectivity index (χ4v) is 4.44. The van der Waals surface area contributed by atoms with E-state index >= 15 is 0 Å². The number of methoxy groups -OCH3 is 1. The largest absolute Gasteiger partial charge is 0.497 e. The number of hydrogen-bond donors (Lipinski definition) is 2. The Balaban J connectivity index is 1.80. The van der Waals surface area contributed by atoms with Gasteiger partial charge in [0.05, 0.1) is 18.8 Å². The van der Waals surface area contributed by atoms with E-state index in [1.54, 1.807) is 19.2 Å². The maximum absolute atomic E-state index is 13.2. The number of nitrogens with one attached hydrogen (secondary N) is 1. The molecule has 6 heteroatoms. The smallest absolute Gasteiger partial charge is 0.323 e. The van der Waals surface area contributed by atoms with Gasteiger partial charge in [-0.15, -0.1) is 0 Å². The first-order valence-electron chi connectivity index (χ1n) is 9.95. The Labute approximate surface area is 178 Å². The fraction of sp³-hybridized carbons (Fsp3) is 0.120. The lowest BCUT2D eigenvalue weighted by Crippen LogP contribution is -2.34. The molecule has 0 fully saturated rings. The van der Waals surface area contributed by atoms with Crippen molar-refractivity contribution in [3.8, 4) is 17.0 Å². The Morgan fingerprint density at radius 3 is 2.65 bits per heavy atom. The number of hydrogen-bond acceptors (Lipinski definition) is 3. The molecule has 1 aliphatic heterocycles. The van der Waals surface area contributed by atoms with Gasteiger partial charge in [-0.05, 0) is 29.8 Å². The minimum Gasteiger partial charge on any atom is -0.497 e. The molecule has 1 aromatic heterocycles. The van der Waals surface area contributed by atoms with Crippen LogP contribution in [0.25, 0.3) is 22.2 Å². The standard InChI is InChI=1S/C25H20N2O4/c1-31-16-8-6-7-15(13-16)23-22(19-11-4-5-12-20(19)26-23)24-17-9-2-3-10-18(17)25(30)27(24)14-21(28)29/h2-13,24,26H,14H2,1H3,(H,28,29). The highest BCUT2D eigenvalue weighted by Gasteiger charge is 2.40. The number of carboxylic acids is 1. The lowest BCUT2D eigenvalue weighted by atomic mass is 9.93. The van der Waals surface area contributed by atoms with E-state index in [1.807, 2.05) is 60.7 Å². The zero-order chi connectivity index (χ0) is 21.5. The summed E-state index contributed by atoms with van der Waals surface area (Å²) in [4.78, 5) is 29.7. The van der Waals surface area contributed by atoms with Gasteiger partial charge >= 0.3 is 5.97 Å². The van der Waals surface area contributed by atoms with E-state index in [2.05, 4.69) is 4.98 Å². The second-order valence-electron chi connectivity index (χ2n) is 7.51. The van der Waals surface area contributed by atoms with Crippen LogP contribution in [0.15, 0.2) is 72.8 Å². The van der Waals surface area contributed by atoms with Gasteiger partial charge in [-0.2, -0.15) is 0 Å². The number of carbonyl (C=O) groups excluding carboxylic acids is 1. The molecule has 0 spiro atoms. The van der Waals surface area contributed by atoms with Crippen molar-refractivity contribution in [3.63, 3.8) is 0 Å². The number of amides is 1. The SMILES string of the molecule is COc1cccc(-c2[nH]c3ccccc3c2C2c3ccccc3C(=O)N2CC(=O)O)c1. The third-order valence-electron chi connectivity index (χ3n) is 5.74. The van der Waals surface area contributed by atoms with Crippen LogP contribution < -0.4 is 4.74 Å². The first-order valence-corrected chi connectivity index (χ1v) is 9.95.